The Hall–Kier alpha value is -1.84. The third kappa shape index (κ3) is 2.37. The minimum atomic E-state index is -0.773. The molecule has 1 unspecified atom stereocenters. The third-order valence-electron chi connectivity index (χ3n) is 3.09. The van der Waals surface area contributed by atoms with E-state index < -0.39 is 11.9 Å². The van der Waals surface area contributed by atoms with Crippen LogP contribution in [0.3, 0.4) is 0 Å². The first-order chi connectivity index (χ1) is 8.63. The monoisotopic (exact) mass is 246 g/mol. The zero-order chi connectivity index (χ0) is 13.1. The molecule has 4 heteroatoms. The normalized spacial score (nSPS) is 12.8. The van der Waals surface area contributed by atoms with E-state index in [-0.39, 0.29) is 0 Å². The van der Waals surface area contributed by atoms with E-state index in [1.165, 1.54) is 0 Å². The average molecular weight is 246 g/mol. The fourth-order valence-corrected chi connectivity index (χ4v) is 2.12. The molecule has 0 radical (unpaired) electrons. The van der Waals surface area contributed by atoms with Crippen LogP contribution in [0, 0.1) is 5.92 Å². The Morgan fingerprint density at radius 2 is 2.17 bits per heavy atom. The molecule has 4 nitrogen and oxygen atoms in total. The second kappa shape index (κ2) is 5.21. The summed E-state index contributed by atoms with van der Waals surface area (Å²) in [4.78, 5) is 15.5. The van der Waals surface area contributed by atoms with Crippen molar-refractivity contribution in [2.45, 2.75) is 33.2 Å². The Morgan fingerprint density at radius 3 is 2.83 bits per heavy atom. The highest BCUT2D eigenvalue weighted by Crippen LogP contribution is 2.19. The highest BCUT2D eigenvalue weighted by atomic mass is 16.4. The van der Waals surface area contributed by atoms with Gasteiger partial charge in [0, 0.05) is 13.0 Å². The molecule has 0 bridgehead atoms. The van der Waals surface area contributed by atoms with Crippen LogP contribution in [0.1, 0.15) is 26.1 Å². The lowest BCUT2D eigenvalue weighted by Gasteiger charge is -2.09. The van der Waals surface area contributed by atoms with Crippen LogP contribution in [0.4, 0.5) is 0 Å². The Balaban J connectivity index is 2.42. The summed E-state index contributed by atoms with van der Waals surface area (Å²) < 4.78 is 2.13. The van der Waals surface area contributed by atoms with Crippen molar-refractivity contribution in [1.82, 2.24) is 9.55 Å². The molecule has 0 spiro atoms. The predicted molar refractivity (Wildman–Crippen MR) is 70.5 cm³/mol. The number of carboxylic acids is 1. The smallest absolute Gasteiger partial charge is 0.306 e. The summed E-state index contributed by atoms with van der Waals surface area (Å²) >= 11 is 0. The second-order valence-corrected chi connectivity index (χ2v) is 4.61. The molecular formula is C14H18N2O2. The molecule has 1 N–H and O–H groups in total. The molecule has 2 aromatic rings. The molecule has 1 heterocycles. The van der Waals surface area contributed by atoms with E-state index >= 15 is 0 Å². The van der Waals surface area contributed by atoms with E-state index in [1.54, 1.807) is 6.92 Å². The quantitative estimate of drug-likeness (QED) is 0.882. The van der Waals surface area contributed by atoms with Gasteiger partial charge in [0.05, 0.1) is 17.0 Å². The third-order valence-corrected chi connectivity index (χ3v) is 3.09. The molecule has 0 amide bonds. The summed E-state index contributed by atoms with van der Waals surface area (Å²) in [5, 5.41) is 9.00. The van der Waals surface area contributed by atoms with E-state index in [0.29, 0.717) is 6.42 Å². The van der Waals surface area contributed by atoms with E-state index in [2.05, 4.69) is 16.5 Å². The van der Waals surface area contributed by atoms with Crippen molar-refractivity contribution in [2.24, 2.45) is 5.92 Å². The van der Waals surface area contributed by atoms with Crippen LogP contribution in [0.5, 0.6) is 0 Å². The first-order valence-electron chi connectivity index (χ1n) is 6.30. The summed E-state index contributed by atoms with van der Waals surface area (Å²) in [5.41, 5.74) is 2.03. The van der Waals surface area contributed by atoms with E-state index in [1.807, 2.05) is 24.3 Å². The number of hydrogen-bond acceptors (Lipinski definition) is 2. The van der Waals surface area contributed by atoms with Crippen LogP contribution in [-0.4, -0.2) is 20.6 Å². The van der Waals surface area contributed by atoms with Crippen molar-refractivity contribution in [1.29, 1.82) is 0 Å². The second-order valence-electron chi connectivity index (χ2n) is 4.61. The number of rotatable bonds is 5. The Labute approximate surface area is 106 Å². The van der Waals surface area contributed by atoms with Crippen molar-refractivity contribution >= 4 is 17.0 Å². The maximum absolute atomic E-state index is 11.0. The number of nitrogens with zero attached hydrogens (tertiary/aromatic N) is 2. The maximum Gasteiger partial charge on any atom is 0.306 e. The summed E-state index contributed by atoms with van der Waals surface area (Å²) in [6, 6.07) is 7.94. The van der Waals surface area contributed by atoms with Gasteiger partial charge in [0.25, 0.3) is 0 Å². The van der Waals surface area contributed by atoms with Gasteiger partial charge in [-0.05, 0) is 18.6 Å². The molecule has 0 fully saturated rings. The fourth-order valence-electron chi connectivity index (χ4n) is 2.12. The van der Waals surface area contributed by atoms with Crippen molar-refractivity contribution in [3.63, 3.8) is 0 Å². The van der Waals surface area contributed by atoms with Gasteiger partial charge in [0.2, 0.25) is 0 Å². The predicted octanol–water partition coefficient (Wildman–Crippen LogP) is 2.71. The molecule has 18 heavy (non-hydrogen) atoms. The van der Waals surface area contributed by atoms with Gasteiger partial charge in [-0.15, -0.1) is 0 Å². The molecule has 1 atom stereocenters. The van der Waals surface area contributed by atoms with E-state index in [4.69, 9.17) is 5.11 Å². The van der Waals surface area contributed by atoms with Gasteiger partial charge in [-0.3, -0.25) is 4.79 Å². The number of benzene rings is 1. The molecule has 0 aliphatic carbocycles. The first-order valence-corrected chi connectivity index (χ1v) is 6.30. The van der Waals surface area contributed by atoms with Crippen molar-refractivity contribution in [3.05, 3.63) is 30.1 Å². The standard InChI is InChI=1S/C14H18N2O2/c1-3-8-16-12-7-5-4-6-11(12)15-13(16)9-10(2)14(17)18/h4-7,10H,3,8-9H2,1-2H3,(H,17,18). The molecular weight excluding hydrogens is 228 g/mol. The molecule has 0 saturated carbocycles. The van der Waals surface area contributed by atoms with Gasteiger partial charge in [0.15, 0.2) is 0 Å². The van der Waals surface area contributed by atoms with Gasteiger partial charge >= 0.3 is 5.97 Å². The van der Waals surface area contributed by atoms with Crippen molar-refractivity contribution < 1.29 is 9.90 Å². The van der Waals surface area contributed by atoms with Crippen LogP contribution in [0.2, 0.25) is 0 Å². The number of imidazole rings is 1. The molecule has 96 valence electrons. The Bertz CT molecular complexity index is 560. The molecule has 1 aromatic heterocycles. The number of carbonyl (C=O) groups is 1. The number of hydrogen-bond donors (Lipinski definition) is 1. The van der Waals surface area contributed by atoms with Crippen LogP contribution in [0.15, 0.2) is 24.3 Å². The fraction of sp³-hybridized carbons (Fsp3) is 0.429. The van der Waals surface area contributed by atoms with Crippen LogP contribution >= 0.6 is 0 Å². The van der Waals surface area contributed by atoms with Crippen LogP contribution < -0.4 is 0 Å². The minimum absolute atomic E-state index is 0.405. The van der Waals surface area contributed by atoms with Crippen LogP contribution in [-0.2, 0) is 17.8 Å². The number of aliphatic carboxylic acids is 1. The van der Waals surface area contributed by atoms with Crippen LogP contribution in [0.25, 0.3) is 11.0 Å². The first kappa shape index (κ1) is 12.6. The highest BCUT2D eigenvalue weighted by molar-refractivity contribution is 5.76. The maximum atomic E-state index is 11.0. The van der Waals surface area contributed by atoms with E-state index in [0.717, 1.165) is 29.8 Å². The van der Waals surface area contributed by atoms with Gasteiger partial charge in [-0.25, -0.2) is 4.98 Å². The molecule has 0 saturated heterocycles. The van der Waals surface area contributed by atoms with Crippen molar-refractivity contribution in [3.8, 4) is 0 Å². The zero-order valence-electron chi connectivity index (χ0n) is 10.8. The van der Waals surface area contributed by atoms with Gasteiger partial charge in [-0.1, -0.05) is 26.0 Å². The number of aryl methyl sites for hydroxylation is 1. The summed E-state index contributed by atoms with van der Waals surface area (Å²) in [6.07, 6.45) is 1.48. The number of aromatic nitrogens is 2. The number of fused-ring (bicyclic) bond motifs is 1. The lowest BCUT2D eigenvalue weighted by Crippen LogP contribution is -2.15. The number of carboxylic acid groups (broad SMARTS) is 1. The van der Waals surface area contributed by atoms with Gasteiger partial charge in [-0.2, -0.15) is 0 Å². The SMILES string of the molecule is CCCn1c(CC(C)C(=O)O)nc2ccccc21. The van der Waals surface area contributed by atoms with E-state index in [9.17, 15) is 4.79 Å². The highest BCUT2D eigenvalue weighted by Gasteiger charge is 2.17. The minimum Gasteiger partial charge on any atom is -0.481 e. The molecule has 2 rings (SSSR count). The lowest BCUT2D eigenvalue weighted by molar-refractivity contribution is -0.141. The Kier molecular flexibility index (Phi) is 3.65. The Morgan fingerprint density at radius 1 is 1.44 bits per heavy atom. The lowest BCUT2D eigenvalue weighted by atomic mass is 10.1. The zero-order valence-corrected chi connectivity index (χ0v) is 10.8. The molecule has 0 aliphatic rings. The molecule has 0 aliphatic heterocycles. The largest absolute Gasteiger partial charge is 0.481 e. The summed E-state index contributed by atoms with van der Waals surface area (Å²) in [6.45, 7) is 4.71. The van der Waals surface area contributed by atoms with Gasteiger partial charge in [0.1, 0.15) is 5.82 Å². The topological polar surface area (TPSA) is 55.1 Å². The summed E-state index contributed by atoms with van der Waals surface area (Å²) in [5.74, 6) is -0.310. The molecule has 1 aromatic carbocycles. The van der Waals surface area contributed by atoms with Gasteiger partial charge < -0.3 is 9.67 Å². The van der Waals surface area contributed by atoms with Crippen molar-refractivity contribution in [2.75, 3.05) is 0 Å². The number of para-hydroxylation sites is 2. The average Bonchev–Trinajstić information content (AvgIpc) is 2.68. The summed E-state index contributed by atoms with van der Waals surface area (Å²) in [7, 11) is 0.